The zero-order valence-corrected chi connectivity index (χ0v) is 11.0. The van der Waals surface area contributed by atoms with Gasteiger partial charge < -0.3 is 9.84 Å². The Hall–Kier alpha value is -0.120. The molecule has 0 bridgehead atoms. The highest BCUT2D eigenvalue weighted by atomic mass is 35.5. The van der Waals surface area contributed by atoms with Crippen LogP contribution in [0.3, 0.4) is 0 Å². The van der Waals surface area contributed by atoms with Crippen molar-refractivity contribution in [2.75, 3.05) is 6.61 Å². The summed E-state index contributed by atoms with van der Waals surface area (Å²) in [5.41, 5.74) is 0.474. The van der Waals surface area contributed by atoms with Crippen molar-refractivity contribution in [3.8, 4) is 5.75 Å². The highest BCUT2D eigenvalue weighted by Crippen LogP contribution is 2.30. The third-order valence-electron chi connectivity index (χ3n) is 1.76. The van der Waals surface area contributed by atoms with Gasteiger partial charge in [-0.1, -0.05) is 46.4 Å². The maximum atomic E-state index is 8.98. The number of hydrogen-bond donors (Lipinski definition) is 1. The summed E-state index contributed by atoms with van der Waals surface area (Å²) in [6.07, 6.45) is 1.49. The first-order valence-corrected chi connectivity index (χ1v) is 5.78. The van der Waals surface area contributed by atoms with Gasteiger partial charge in [-0.05, 0) is 18.2 Å². The molecular formula is C10H8Cl4O2. The molecule has 0 heterocycles. The lowest BCUT2D eigenvalue weighted by Crippen LogP contribution is -1.95. The second kappa shape index (κ2) is 6.58. The topological polar surface area (TPSA) is 29.5 Å². The fourth-order valence-electron chi connectivity index (χ4n) is 1.02. The van der Waals surface area contributed by atoms with Gasteiger partial charge in [-0.15, -0.1) is 0 Å². The van der Waals surface area contributed by atoms with Crippen LogP contribution in [0.25, 0.3) is 0 Å². The normalized spacial score (nSPS) is 10.1. The number of halogens is 4. The van der Waals surface area contributed by atoms with E-state index in [-0.39, 0.29) is 17.7 Å². The number of aliphatic hydroxyl groups is 1. The molecule has 1 aromatic carbocycles. The third kappa shape index (κ3) is 4.04. The Kier molecular flexibility index (Phi) is 5.73. The van der Waals surface area contributed by atoms with Crippen LogP contribution in [0.4, 0.5) is 0 Å². The van der Waals surface area contributed by atoms with Crippen molar-refractivity contribution in [3.63, 3.8) is 0 Å². The number of rotatable bonds is 4. The van der Waals surface area contributed by atoms with Crippen LogP contribution >= 0.6 is 46.4 Å². The molecule has 2 nitrogen and oxygen atoms in total. The minimum Gasteiger partial charge on any atom is -0.489 e. The molecule has 88 valence electrons. The number of benzene rings is 1. The summed E-state index contributed by atoms with van der Waals surface area (Å²) in [6.45, 7) is -0.00117. The Morgan fingerprint density at radius 3 is 2.25 bits per heavy atom. The van der Waals surface area contributed by atoms with Crippen LogP contribution in [0.5, 0.6) is 5.75 Å². The van der Waals surface area contributed by atoms with Gasteiger partial charge in [0.2, 0.25) is 0 Å². The van der Waals surface area contributed by atoms with E-state index in [0.29, 0.717) is 21.4 Å². The molecule has 0 radical (unpaired) electrons. The Morgan fingerprint density at radius 2 is 1.81 bits per heavy atom. The van der Waals surface area contributed by atoms with E-state index < -0.39 is 0 Å². The molecule has 0 aliphatic carbocycles. The van der Waals surface area contributed by atoms with Crippen molar-refractivity contribution in [1.29, 1.82) is 0 Å². The summed E-state index contributed by atoms with van der Waals surface area (Å²) >= 11 is 22.6. The maximum Gasteiger partial charge on any atom is 0.122 e. The first-order valence-electron chi connectivity index (χ1n) is 4.27. The van der Waals surface area contributed by atoms with Crippen LogP contribution in [0.2, 0.25) is 10.0 Å². The van der Waals surface area contributed by atoms with E-state index in [9.17, 15) is 0 Å². The molecule has 0 spiro atoms. The molecule has 0 atom stereocenters. The smallest absolute Gasteiger partial charge is 0.122 e. The van der Waals surface area contributed by atoms with E-state index in [1.165, 1.54) is 6.08 Å². The van der Waals surface area contributed by atoms with Crippen molar-refractivity contribution >= 4 is 46.4 Å². The van der Waals surface area contributed by atoms with Gasteiger partial charge in [0.1, 0.15) is 16.8 Å². The van der Waals surface area contributed by atoms with Crippen LogP contribution in [0.1, 0.15) is 5.56 Å². The summed E-state index contributed by atoms with van der Waals surface area (Å²) in [6, 6.07) is 3.13. The highest BCUT2D eigenvalue weighted by Gasteiger charge is 2.07. The van der Waals surface area contributed by atoms with Crippen LogP contribution in [-0.2, 0) is 6.61 Å². The quantitative estimate of drug-likeness (QED) is 0.904. The van der Waals surface area contributed by atoms with Gasteiger partial charge in [0.15, 0.2) is 0 Å². The molecule has 0 fully saturated rings. The van der Waals surface area contributed by atoms with Gasteiger partial charge in [0, 0.05) is 5.56 Å². The van der Waals surface area contributed by atoms with Gasteiger partial charge in [-0.3, -0.25) is 0 Å². The number of hydrogen-bond acceptors (Lipinski definition) is 2. The second-order valence-electron chi connectivity index (χ2n) is 2.83. The summed E-state index contributed by atoms with van der Waals surface area (Å²) in [5.74, 6) is 0.484. The van der Waals surface area contributed by atoms with Crippen molar-refractivity contribution in [2.45, 2.75) is 6.61 Å². The Morgan fingerprint density at radius 1 is 1.25 bits per heavy atom. The van der Waals surface area contributed by atoms with E-state index in [2.05, 4.69) is 0 Å². The fraction of sp³-hybridized carbons (Fsp3) is 0.200. The fourth-order valence-corrected chi connectivity index (χ4v) is 1.73. The van der Waals surface area contributed by atoms with Crippen LogP contribution in [-0.4, -0.2) is 11.7 Å². The van der Waals surface area contributed by atoms with Gasteiger partial charge in [-0.25, -0.2) is 0 Å². The molecule has 0 saturated heterocycles. The SMILES string of the molecule is OCc1c(Cl)cc(OCC=C(Cl)Cl)cc1Cl. The van der Waals surface area contributed by atoms with E-state index in [4.69, 9.17) is 56.2 Å². The van der Waals surface area contributed by atoms with Crippen LogP contribution < -0.4 is 4.74 Å². The molecule has 1 aromatic rings. The van der Waals surface area contributed by atoms with Crippen molar-refractivity contribution in [2.24, 2.45) is 0 Å². The molecule has 1 N–H and O–H groups in total. The molecule has 1 rings (SSSR count). The number of aliphatic hydroxyl groups excluding tert-OH is 1. The molecule has 0 amide bonds. The summed E-state index contributed by atoms with van der Waals surface area (Å²) in [4.78, 5) is 0. The molecule has 0 unspecified atom stereocenters. The monoisotopic (exact) mass is 300 g/mol. The molecule has 0 aromatic heterocycles. The minimum atomic E-state index is -0.217. The first kappa shape index (κ1) is 13.9. The van der Waals surface area contributed by atoms with Crippen molar-refractivity contribution in [3.05, 3.63) is 38.3 Å². The Bertz CT molecular complexity index is 377. The standard InChI is InChI=1S/C10H8Cl4O2/c11-8-3-6(16-2-1-10(13)14)4-9(12)7(8)5-15/h1,3-4,15H,2,5H2. The average Bonchev–Trinajstić information content (AvgIpc) is 2.16. The van der Waals surface area contributed by atoms with E-state index in [1.807, 2.05) is 0 Å². The zero-order chi connectivity index (χ0) is 12.1. The molecule has 0 aliphatic heterocycles. The Balaban J connectivity index is 2.80. The third-order valence-corrected chi connectivity index (χ3v) is 2.74. The van der Waals surface area contributed by atoms with Gasteiger partial charge >= 0.3 is 0 Å². The zero-order valence-electron chi connectivity index (χ0n) is 8.01. The van der Waals surface area contributed by atoms with Gasteiger partial charge in [0.05, 0.1) is 16.7 Å². The molecule has 0 saturated carbocycles. The average molecular weight is 302 g/mol. The van der Waals surface area contributed by atoms with Crippen LogP contribution in [0.15, 0.2) is 22.7 Å². The second-order valence-corrected chi connectivity index (χ2v) is 4.65. The maximum absolute atomic E-state index is 8.98. The first-order chi connectivity index (χ1) is 7.54. The molecule has 0 aliphatic rings. The van der Waals surface area contributed by atoms with E-state index in [0.717, 1.165) is 0 Å². The number of ether oxygens (including phenoxy) is 1. The summed E-state index contributed by atoms with van der Waals surface area (Å²) in [7, 11) is 0. The molecular weight excluding hydrogens is 294 g/mol. The van der Waals surface area contributed by atoms with Gasteiger partial charge in [-0.2, -0.15) is 0 Å². The Labute approximate surface area is 113 Å². The predicted molar refractivity (Wildman–Crippen MR) is 67.7 cm³/mol. The lowest BCUT2D eigenvalue weighted by atomic mass is 10.2. The molecule has 6 heteroatoms. The van der Waals surface area contributed by atoms with Crippen molar-refractivity contribution in [1.82, 2.24) is 0 Å². The molecule has 16 heavy (non-hydrogen) atoms. The lowest BCUT2D eigenvalue weighted by Gasteiger charge is -2.08. The summed E-state index contributed by atoms with van der Waals surface area (Å²) < 4.78 is 5.41. The van der Waals surface area contributed by atoms with Crippen LogP contribution in [0, 0.1) is 0 Å². The predicted octanol–water partition coefficient (Wildman–Crippen LogP) is 4.18. The van der Waals surface area contributed by atoms with Gasteiger partial charge in [0.25, 0.3) is 0 Å². The van der Waals surface area contributed by atoms with Crippen molar-refractivity contribution < 1.29 is 9.84 Å². The highest BCUT2D eigenvalue weighted by molar-refractivity contribution is 6.55. The largest absolute Gasteiger partial charge is 0.489 e. The van der Waals surface area contributed by atoms with E-state index in [1.54, 1.807) is 12.1 Å². The lowest BCUT2D eigenvalue weighted by molar-refractivity contribution is 0.281. The van der Waals surface area contributed by atoms with E-state index >= 15 is 0 Å². The minimum absolute atomic E-state index is 0.129. The summed E-state index contributed by atoms with van der Waals surface area (Å²) in [5, 5.41) is 9.69.